The van der Waals surface area contributed by atoms with Crippen LogP contribution in [0.2, 0.25) is 0 Å². The van der Waals surface area contributed by atoms with E-state index in [1.807, 2.05) is 6.92 Å². The Morgan fingerprint density at radius 3 is 2.84 bits per heavy atom. The van der Waals surface area contributed by atoms with Crippen LogP contribution in [0.3, 0.4) is 0 Å². The average molecular weight is 267 g/mol. The van der Waals surface area contributed by atoms with Crippen molar-refractivity contribution in [2.24, 2.45) is 0 Å². The summed E-state index contributed by atoms with van der Waals surface area (Å²) in [6, 6.07) is 4.62. The number of rotatable bonds is 6. The Kier molecular flexibility index (Phi) is 4.50. The largest absolute Gasteiger partial charge is 0.478 e. The van der Waals surface area contributed by atoms with Crippen molar-refractivity contribution in [2.75, 3.05) is 6.61 Å². The van der Waals surface area contributed by atoms with E-state index in [2.05, 4.69) is 5.32 Å². The Morgan fingerprint density at radius 1 is 1.53 bits per heavy atom. The molecule has 2 N–H and O–H groups in total. The lowest BCUT2D eigenvalue weighted by Gasteiger charge is -2.35. The number of aromatic carboxylic acids is 1. The molecule has 1 saturated carbocycles. The summed E-state index contributed by atoms with van der Waals surface area (Å²) in [5, 5.41) is 12.0. The Balaban J connectivity index is 1.81. The van der Waals surface area contributed by atoms with Crippen LogP contribution in [0.5, 0.6) is 0 Å². The van der Waals surface area contributed by atoms with Crippen LogP contribution in [-0.2, 0) is 11.3 Å². The van der Waals surface area contributed by atoms with Gasteiger partial charge in [-0.25, -0.2) is 9.18 Å². The van der Waals surface area contributed by atoms with Crippen LogP contribution < -0.4 is 5.32 Å². The number of carbonyl (C=O) groups is 1. The number of benzene rings is 1. The van der Waals surface area contributed by atoms with Crippen molar-refractivity contribution in [1.82, 2.24) is 5.32 Å². The third-order valence-corrected chi connectivity index (χ3v) is 3.36. The molecule has 0 aliphatic heterocycles. The summed E-state index contributed by atoms with van der Waals surface area (Å²) in [5.41, 5.74) is 0.464. The molecule has 19 heavy (non-hydrogen) atoms. The maximum absolute atomic E-state index is 13.5. The molecule has 5 heteroatoms. The molecule has 0 spiro atoms. The van der Waals surface area contributed by atoms with Crippen molar-refractivity contribution in [3.63, 3.8) is 0 Å². The summed E-state index contributed by atoms with van der Waals surface area (Å²) in [5.74, 6) is -1.93. The van der Waals surface area contributed by atoms with Gasteiger partial charge in [0.25, 0.3) is 0 Å². The number of hydrogen-bond donors (Lipinski definition) is 2. The Hall–Kier alpha value is -1.46. The smallest absolute Gasteiger partial charge is 0.338 e. The van der Waals surface area contributed by atoms with E-state index in [4.69, 9.17) is 9.84 Å². The second-order valence-electron chi connectivity index (χ2n) is 4.75. The van der Waals surface area contributed by atoms with E-state index < -0.39 is 11.8 Å². The van der Waals surface area contributed by atoms with Gasteiger partial charge in [0, 0.05) is 19.2 Å². The predicted molar refractivity (Wildman–Crippen MR) is 68.6 cm³/mol. The first-order valence-corrected chi connectivity index (χ1v) is 6.47. The van der Waals surface area contributed by atoms with Gasteiger partial charge >= 0.3 is 5.97 Å². The van der Waals surface area contributed by atoms with Crippen molar-refractivity contribution >= 4 is 5.97 Å². The highest BCUT2D eigenvalue weighted by Crippen LogP contribution is 2.23. The van der Waals surface area contributed by atoms with Crippen molar-refractivity contribution in [2.45, 2.75) is 38.5 Å². The molecular formula is C14H18FNO3. The zero-order valence-electron chi connectivity index (χ0n) is 10.9. The first-order chi connectivity index (χ1) is 9.10. The monoisotopic (exact) mass is 267 g/mol. The number of carboxylic acid groups (broad SMARTS) is 1. The van der Waals surface area contributed by atoms with Crippen molar-refractivity contribution in [3.05, 3.63) is 35.1 Å². The quantitative estimate of drug-likeness (QED) is 0.829. The lowest BCUT2D eigenvalue weighted by atomic mass is 9.89. The molecule has 0 atom stereocenters. The van der Waals surface area contributed by atoms with Gasteiger partial charge in [0.1, 0.15) is 5.82 Å². The van der Waals surface area contributed by atoms with Crippen molar-refractivity contribution in [1.29, 1.82) is 0 Å². The van der Waals surface area contributed by atoms with E-state index in [1.54, 1.807) is 6.07 Å². The summed E-state index contributed by atoms with van der Waals surface area (Å²) < 4.78 is 18.9. The van der Waals surface area contributed by atoms with Gasteiger partial charge in [0.15, 0.2) is 0 Å². The first kappa shape index (κ1) is 14.0. The van der Waals surface area contributed by atoms with Gasteiger partial charge in [0.05, 0.1) is 11.7 Å². The molecule has 0 bridgehead atoms. The van der Waals surface area contributed by atoms with E-state index in [0.717, 1.165) is 25.0 Å². The van der Waals surface area contributed by atoms with Crippen LogP contribution in [0.25, 0.3) is 0 Å². The highest BCUT2D eigenvalue weighted by Gasteiger charge is 2.28. The maximum Gasteiger partial charge on any atom is 0.338 e. The molecule has 0 saturated heterocycles. The fraction of sp³-hybridized carbons (Fsp3) is 0.500. The Bertz CT molecular complexity index is 458. The lowest BCUT2D eigenvalue weighted by Crippen LogP contribution is -2.45. The number of nitrogens with one attached hydrogen (secondary N) is 1. The summed E-state index contributed by atoms with van der Waals surface area (Å²) >= 11 is 0. The fourth-order valence-electron chi connectivity index (χ4n) is 2.21. The van der Waals surface area contributed by atoms with E-state index in [-0.39, 0.29) is 5.56 Å². The molecule has 0 radical (unpaired) electrons. The zero-order valence-corrected chi connectivity index (χ0v) is 10.9. The predicted octanol–water partition coefficient (Wildman–Crippen LogP) is 2.18. The number of carboxylic acids is 1. The molecule has 4 nitrogen and oxygen atoms in total. The molecule has 104 valence electrons. The number of hydrogen-bond acceptors (Lipinski definition) is 3. The molecule has 0 heterocycles. The van der Waals surface area contributed by atoms with Crippen molar-refractivity contribution < 1.29 is 19.0 Å². The molecule has 0 unspecified atom stereocenters. The topological polar surface area (TPSA) is 58.6 Å². The van der Waals surface area contributed by atoms with Crippen LogP contribution >= 0.6 is 0 Å². The van der Waals surface area contributed by atoms with Gasteiger partial charge in [-0.15, -0.1) is 0 Å². The summed E-state index contributed by atoms with van der Waals surface area (Å²) in [6.07, 6.45) is 2.29. The molecule has 1 fully saturated rings. The minimum absolute atomic E-state index is 0.288. The average Bonchev–Trinajstić information content (AvgIpc) is 2.31. The molecule has 1 aromatic carbocycles. The van der Waals surface area contributed by atoms with Crippen LogP contribution in [0, 0.1) is 5.82 Å². The Morgan fingerprint density at radius 2 is 2.26 bits per heavy atom. The second kappa shape index (κ2) is 6.12. The molecule has 1 aromatic rings. The summed E-state index contributed by atoms with van der Waals surface area (Å²) in [6.45, 7) is 3.26. The summed E-state index contributed by atoms with van der Waals surface area (Å²) in [7, 11) is 0. The molecule has 1 aliphatic carbocycles. The molecule has 0 amide bonds. The van der Waals surface area contributed by atoms with Gasteiger partial charge in [0.2, 0.25) is 0 Å². The lowest BCUT2D eigenvalue weighted by molar-refractivity contribution is -0.0102. The van der Waals surface area contributed by atoms with E-state index in [1.165, 1.54) is 12.1 Å². The Labute approximate surface area is 111 Å². The van der Waals surface area contributed by atoms with E-state index >= 15 is 0 Å². The van der Waals surface area contributed by atoms with Crippen LogP contribution in [0.15, 0.2) is 18.2 Å². The molecule has 0 aromatic heterocycles. The second-order valence-corrected chi connectivity index (χ2v) is 4.75. The third-order valence-electron chi connectivity index (χ3n) is 3.36. The van der Waals surface area contributed by atoms with E-state index in [0.29, 0.717) is 18.7 Å². The first-order valence-electron chi connectivity index (χ1n) is 6.47. The fourth-order valence-corrected chi connectivity index (χ4v) is 2.21. The van der Waals surface area contributed by atoms with E-state index in [9.17, 15) is 9.18 Å². The minimum Gasteiger partial charge on any atom is -0.478 e. The molecule has 1 aliphatic rings. The minimum atomic E-state index is -1.24. The van der Waals surface area contributed by atoms with Crippen LogP contribution in [0.1, 0.15) is 35.7 Å². The highest BCUT2D eigenvalue weighted by atomic mass is 19.1. The highest BCUT2D eigenvalue weighted by molar-refractivity contribution is 5.87. The van der Waals surface area contributed by atoms with Crippen LogP contribution in [-0.4, -0.2) is 29.8 Å². The SMILES string of the molecule is CCOC1CC(NCc2ccc(C(=O)O)c(F)c2)C1. The van der Waals surface area contributed by atoms with Crippen LogP contribution in [0.4, 0.5) is 4.39 Å². The van der Waals surface area contributed by atoms with Crippen molar-refractivity contribution in [3.8, 4) is 0 Å². The zero-order chi connectivity index (χ0) is 13.8. The number of ether oxygens (including phenoxy) is 1. The van der Waals surface area contributed by atoms with Gasteiger partial charge in [-0.05, 0) is 37.5 Å². The normalized spacial score (nSPS) is 22.0. The molecule has 2 rings (SSSR count). The standard InChI is InChI=1S/C14H18FNO3/c1-2-19-11-6-10(7-11)16-8-9-3-4-12(14(17)18)13(15)5-9/h3-5,10-11,16H,2,6-8H2,1H3,(H,17,18). The third kappa shape index (κ3) is 3.52. The van der Waals surface area contributed by atoms with Gasteiger partial charge < -0.3 is 15.2 Å². The summed E-state index contributed by atoms with van der Waals surface area (Å²) in [4.78, 5) is 10.7. The maximum atomic E-state index is 13.5. The number of halogens is 1. The van der Waals surface area contributed by atoms with Gasteiger partial charge in [-0.2, -0.15) is 0 Å². The van der Waals surface area contributed by atoms with Gasteiger partial charge in [-0.1, -0.05) is 6.07 Å². The van der Waals surface area contributed by atoms with Gasteiger partial charge in [-0.3, -0.25) is 0 Å². The molecular weight excluding hydrogens is 249 g/mol.